The minimum absolute atomic E-state index is 0.0237. The molecule has 0 aliphatic carbocycles. The zero-order chi connectivity index (χ0) is 23.2. The highest BCUT2D eigenvalue weighted by Gasteiger charge is 2.23. The van der Waals surface area contributed by atoms with Crippen LogP contribution in [0.1, 0.15) is 57.9 Å². The van der Waals surface area contributed by atoms with Crippen molar-refractivity contribution in [2.75, 3.05) is 6.61 Å². The summed E-state index contributed by atoms with van der Waals surface area (Å²) >= 11 is 0. The van der Waals surface area contributed by atoms with E-state index >= 15 is 0 Å². The molecule has 0 fully saturated rings. The van der Waals surface area contributed by atoms with Crippen LogP contribution in [0.15, 0.2) is 55.0 Å². The van der Waals surface area contributed by atoms with E-state index in [-0.39, 0.29) is 24.0 Å². The number of allylic oxidation sites excluding steroid dienone is 4. The molecule has 1 amide bonds. The van der Waals surface area contributed by atoms with Crippen molar-refractivity contribution in [3.05, 3.63) is 71.8 Å². The lowest BCUT2D eigenvalue weighted by molar-refractivity contribution is -0.127. The third-order valence-electron chi connectivity index (χ3n) is 4.98. The number of amides is 1. The van der Waals surface area contributed by atoms with Crippen LogP contribution in [0.25, 0.3) is 12.2 Å². The van der Waals surface area contributed by atoms with Crippen molar-refractivity contribution in [2.45, 2.75) is 53.5 Å². The Labute approximate surface area is 186 Å². The molecule has 0 aliphatic heterocycles. The van der Waals surface area contributed by atoms with Crippen molar-refractivity contribution in [2.24, 2.45) is 5.92 Å². The molecule has 5 nitrogen and oxygen atoms in total. The number of ketones is 1. The van der Waals surface area contributed by atoms with Crippen molar-refractivity contribution in [3.8, 4) is 0 Å². The summed E-state index contributed by atoms with van der Waals surface area (Å²) in [6, 6.07) is -0.463. The van der Waals surface area contributed by atoms with Gasteiger partial charge in [0.2, 0.25) is 5.91 Å². The van der Waals surface area contributed by atoms with Gasteiger partial charge in [-0.2, -0.15) is 0 Å². The van der Waals surface area contributed by atoms with Gasteiger partial charge in [-0.3, -0.25) is 9.59 Å². The van der Waals surface area contributed by atoms with E-state index in [4.69, 9.17) is 4.74 Å². The molecule has 0 aliphatic rings. The van der Waals surface area contributed by atoms with Gasteiger partial charge in [0.1, 0.15) is 6.61 Å². The largest absolute Gasteiger partial charge is 0.496 e. The van der Waals surface area contributed by atoms with Gasteiger partial charge in [0.15, 0.2) is 5.78 Å². The molecule has 0 spiro atoms. The van der Waals surface area contributed by atoms with Gasteiger partial charge in [-0.15, -0.1) is 0 Å². The molecule has 2 atom stereocenters. The summed E-state index contributed by atoms with van der Waals surface area (Å²) in [7, 11) is 0. The second kappa shape index (κ2) is 14.0. The summed E-state index contributed by atoms with van der Waals surface area (Å²) in [5.74, 6) is -0.107. The van der Waals surface area contributed by atoms with Crippen molar-refractivity contribution in [1.29, 1.82) is 0 Å². The quantitative estimate of drug-likeness (QED) is 0.330. The second-order valence-corrected chi connectivity index (χ2v) is 7.45. The van der Waals surface area contributed by atoms with Crippen LogP contribution >= 0.6 is 0 Å². The highest BCUT2D eigenvalue weighted by molar-refractivity contribution is 5.89. The first-order chi connectivity index (χ1) is 14.9. The van der Waals surface area contributed by atoms with Crippen molar-refractivity contribution in [1.82, 2.24) is 10.3 Å². The molecule has 1 heterocycles. The van der Waals surface area contributed by atoms with Gasteiger partial charge in [0.25, 0.3) is 0 Å². The van der Waals surface area contributed by atoms with E-state index in [9.17, 15) is 9.59 Å². The molecule has 0 aromatic carbocycles. The van der Waals surface area contributed by atoms with E-state index in [0.717, 1.165) is 28.8 Å². The second-order valence-electron chi connectivity index (χ2n) is 7.45. The molecule has 31 heavy (non-hydrogen) atoms. The van der Waals surface area contributed by atoms with Gasteiger partial charge in [-0.25, -0.2) is 0 Å². The van der Waals surface area contributed by atoms with Crippen molar-refractivity contribution in [3.63, 3.8) is 0 Å². The Morgan fingerprint density at radius 1 is 1.26 bits per heavy atom. The Morgan fingerprint density at radius 2 is 2.00 bits per heavy atom. The first kappa shape index (κ1) is 26.0. The lowest BCUT2D eigenvalue weighted by atomic mass is 9.95. The minimum atomic E-state index is -0.463. The molecule has 1 rings (SSSR count). The number of ether oxygens (including phenoxy) is 1. The first-order valence-corrected chi connectivity index (χ1v) is 10.7. The van der Waals surface area contributed by atoms with Crippen LogP contribution < -0.4 is 5.32 Å². The molecular weight excluding hydrogens is 388 g/mol. The maximum atomic E-state index is 12.7. The maximum absolute atomic E-state index is 12.7. The van der Waals surface area contributed by atoms with Crippen LogP contribution in [0, 0.1) is 5.92 Å². The summed E-state index contributed by atoms with van der Waals surface area (Å²) in [5.41, 5.74) is 3.62. The van der Waals surface area contributed by atoms with Gasteiger partial charge < -0.3 is 15.0 Å². The molecular formula is C26H36N2O3. The Bertz CT molecular complexity index is 856. The number of nitrogens with one attached hydrogen (secondary N) is 2. The Hall–Kier alpha value is -3.08. The number of hydrogen-bond donors (Lipinski definition) is 2. The number of hydrogen-bond acceptors (Lipinski definition) is 3. The minimum Gasteiger partial charge on any atom is -0.496 e. The topological polar surface area (TPSA) is 71.2 Å². The fraction of sp³-hybridized carbons (Fsp3) is 0.385. The summed E-state index contributed by atoms with van der Waals surface area (Å²) < 4.78 is 5.68. The zero-order valence-electron chi connectivity index (χ0n) is 19.4. The lowest BCUT2D eigenvalue weighted by Gasteiger charge is -2.21. The standard InChI is InChI=1S/C26H36N2O3/c1-7-11-21(12-8-2)18-31-15-14-23-22(17-27-24(23)13-9-3)16-25(30)28-26(20(6)29)19(5)10-4/h7-9,11-15,17,19,26-27H,1,10,16,18H2,2-6H3,(H,28,30)/b12-8-,13-9-,15-14+,21-11+/t19-,26?/m0/s1. The van der Waals surface area contributed by atoms with E-state index in [0.29, 0.717) is 6.61 Å². The number of carbonyl (C=O) groups is 2. The third kappa shape index (κ3) is 8.67. The van der Waals surface area contributed by atoms with E-state index in [2.05, 4.69) is 16.9 Å². The molecule has 168 valence electrons. The van der Waals surface area contributed by atoms with Gasteiger partial charge in [-0.05, 0) is 50.0 Å². The first-order valence-electron chi connectivity index (χ1n) is 10.7. The normalized spacial score (nSPS) is 14.3. The van der Waals surface area contributed by atoms with Crippen LogP contribution in [0.2, 0.25) is 0 Å². The van der Waals surface area contributed by atoms with E-state index in [1.807, 2.05) is 70.3 Å². The fourth-order valence-corrected chi connectivity index (χ4v) is 3.20. The number of Topliss-reactive ketones (excluding diaryl/α,β-unsaturated/α-hetero) is 1. The Kier molecular flexibility index (Phi) is 11.7. The predicted molar refractivity (Wildman–Crippen MR) is 129 cm³/mol. The van der Waals surface area contributed by atoms with Crippen LogP contribution in [0.5, 0.6) is 0 Å². The maximum Gasteiger partial charge on any atom is 0.225 e. The summed E-state index contributed by atoms with van der Waals surface area (Å²) in [4.78, 5) is 27.8. The lowest BCUT2D eigenvalue weighted by Crippen LogP contribution is -2.44. The Balaban J connectivity index is 2.96. The Morgan fingerprint density at radius 3 is 2.58 bits per heavy atom. The molecule has 1 aromatic rings. The predicted octanol–water partition coefficient (Wildman–Crippen LogP) is 5.39. The van der Waals surface area contributed by atoms with Gasteiger partial charge in [0, 0.05) is 17.5 Å². The highest BCUT2D eigenvalue weighted by Crippen LogP contribution is 2.19. The van der Waals surface area contributed by atoms with Crippen LogP contribution in [0.3, 0.4) is 0 Å². The molecule has 1 aromatic heterocycles. The molecule has 2 N–H and O–H groups in total. The number of carbonyl (C=O) groups excluding carboxylic acids is 2. The molecule has 0 saturated heterocycles. The smallest absolute Gasteiger partial charge is 0.225 e. The molecule has 5 heteroatoms. The SMILES string of the molecule is C=C/C=C(\C=C/C)CO/C=C/c1c(CC(=O)NC(C(C)=O)[C@@H](C)CC)c[nH]c1/C=C\C. The number of rotatable bonds is 13. The number of aromatic nitrogens is 1. The third-order valence-corrected chi connectivity index (χ3v) is 4.98. The molecule has 0 saturated carbocycles. The van der Waals surface area contributed by atoms with Gasteiger partial charge >= 0.3 is 0 Å². The molecule has 0 radical (unpaired) electrons. The fourth-order valence-electron chi connectivity index (χ4n) is 3.20. The van der Waals surface area contributed by atoms with E-state index in [1.54, 1.807) is 12.3 Å². The highest BCUT2D eigenvalue weighted by atomic mass is 16.5. The average Bonchev–Trinajstić information content (AvgIpc) is 3.10. The zero-order valence-corrected chi connectivity index (χ0v) is 19.4. The van der Waals surface area contributed by atoms with E-state index in [1.165, 1.54) is 6.92 Å². The van der Waals surface area contributed by atoms with Crippen LogP contribution in [-0.2, 0) is 20.7 Å². The van der Waals surface area contributed by atoms with Crippen LogP contribution in [-0.4, -0.2) is 29.3 Å². The summed E-state index contributed by atoms with van der Waals surface area (Å²) in [6.45, 7) is 13.5. The van der Waals surface area contributed by atoms with Gasteiger partial charge in [0.05, 0.1) is 18.7 Å². The van der Waals surface area contributed by atoms with E-state index < -0.39 is 6.04 Å². The molecule has 1 unspecified atom stereocenters. The molecule has 0 bridgehead atoms. The van der Waals surface area contributed by atoms with Crippen LogP contribution in [0.4, 0.5) is 0 Å². The number of H-pyrrole nitrogens is 1. The number of aromatic amines is 1. The monoisotopic (exact) mass is 424 g/mol. The van der Waals surface area contributed by atoms with Crippen molar-refractivity contribution >= 4 is 23.8 Å². The summed E-state index contributed by atoms with van der Waals surface area (Å²) in [6.07, 6.45) is 17.7. The summed E-state index contributed by atoms with van der Waals surface area (Å²) in [5, 5.41) is 2.89. The average molecular weight is 425 g/mol. The van der Waals surface area contributed by atoms with Crippen molar-refractivity contribution < 1.29 is 14.3 Å². The van der Waals surface area contributed by atoms with Gasteiger partial charge in [-0.1, -0.05) is 57.2 Å².